The third kappa shape index (κ3) is 2.06. The zero-order chi connectivity index (χ0) is 15.0. The zero-order valence-corrected chi connectivity index (χ0v) is 13.2. The van der Waals surface area contributed by atoms with Crippen molar-refractivity contribution in [1.29, 1.82) is 0 Å². The van der Waals surface area contributed by atoms with Gasteiger partial charge >= 0.3 is 0 Å². The van der Waals surface area contributed by atoms with Crippen LogP contribution in [0, 0.1) is 23.2 Å². The second kappa shape index (κ2) is 4.23. The molecule has 5 aliphatic rings. The van der Waals surface area contributed by atoms with Crippen LogP contribution in [0.4, 0.5) is 0 Å². The molecule has 3 N–H and O–H groups in total. The normalized spacial score (nSPS) is 51.8. The summed E-state index contributed by atoms with van der Waals surface area (Å²) >= 11 is 0. The van der Waals surface area contributed by atoms with Gasteiger partial charge in [-0.15, -0.1) is 0 Å². The van der Waals surface area contributed by atoms with Gasteiger partial charge in [0.25, 0.3) is 0 Å². The fourth-order valence-corrected chi connectivity index (χ4v) is 6.14. The summed E-state index contributed by atoms with van der Waals surface area (Å²) in [5.41, 5.74) is 5.81. The molecule has 5 saturated carbocycles. The standard InChI is InChI=1S/C17H28N2O2/c1-10-3-13(10)19(2)15(20)14(18)16-5-11-4-12(6-16)8-17(21,7-11)9-16/h10-14,21H,3-9,18H2,1-2H3/t10-,11?,12?,13?,14?,16?,17?/m1/s1. The highest BCUT2D eigenvalue weighted by molar-refractivity contribution is 5.83. The lowest BCUT2D eigenvalue weighted by molar-refractivity contribution is -0.176. The lowest BCUT2D eigenvalue weighted by Gasteiger charge is -2.61. The van der Waals surface area contributed by atoms with Crippen molar-refractivity contribution in [3.63, 3.8) is 0 Å². The monoisotopic (exact) mass is 292 g/mol. The Morgan fingerprint density at radius 2 is 1.81 bits per heavy atom. The number of nitrogens with two attached hydrogens (primary N) is 1. The van der Waals surface area contributed by atoms with Crippen molar-refractivity contribution in [1.82, 2.24) is 4.90 Å². The Hall–Kier alpha value is -0.610. The van der Waals surface area contributed by atoms with E-state index in [2.05, 4.69) is 6.92 Å². The van der Waals surface area contributed by atoms with Gasteiger partial charge in [0, 0.05) is 13.1 Å². The highest BCUT2D eigenvalue weighted by Gasteiger charge is 2.60. The quantitative estimate of drug-likeness (QED) is 0.828. The lowest BCUT2D eigenvalue weighted by Crippen LogP contribution is -2.64. The summed E-state index contributed by atoms with van der Waals surface area (Å²) in [5, 5.41) is 10.8. The molecule has 0 aromatic rings. The molecule has 5 aliphatic carbocycles. The van der Waals surface area contributed by atoms with E-state index in [9.17, 15) is 9.90 Å². The van der Waals surface area contributed by atoms with Crippen LogP contribution in [0.3, 0.4) is 0 Å². The number of amides is 1. The maximum absolute atomic E-state index is 12.8. The first-order chi connectivity index (χ1) is 9.82. The molecule has 0 aromatic heterocycles. The zero-order valence-electron chi connectivity index (χ0n) is 13.2. The number of hydrogen-bond donors (Lipinski definition) is 2. The van der Waals surface area contributed by atoms with Crippen LogP contribution < -0.4 is 5.73 Å². The highest BCUT2D eigenvalue weighted by atomic mass is 16.3. The second-order valence-corrected chi connectivity index (χ2v) is 8.75. The van der Waals surface area contributed by atoms with Crippen molar-refractivity contribution < 1.29 is 9.90 Å². The molecule has 0 saturated heterocycles. The largest absolute Gasteiger partial charge is 0.390 e. The van der Waals surface area contributed by atoms with E-state index in [1.165, 1.54) is 6.42 Å². The molecule has 4 nitrogen and oxygen atoms in total. The fraction of sp³-hybridized carbons (Fsp3) is 0.941. The molecule has 0 radical (unpaired) electrons. The summed E-state index contributed by atoms with van der Waals surface area (Å²) in [5.74, 6) is 1.89. The summed E-state index contributed by atoms with van der Waals surface area (Å²) in [4.78, 5) is 14.7. The number of aliphatic hydroxyl groups is 1. The number of likely N-dealkylation sites (N-methyl/N-ethyl adjacent to an activating group) is 1. The molecule has 1 amide bonds. The second-order valence-electron chi connectivity index (χ2n) is 8.75. The van der Waals surface area contributed by atoms with E-state index >= 15 is 0 Å². The van der Waals surface area contributed by atoms with Gasteiger partial charge in [-0.05, 0) is 68.1 Å². The Kier molecular flexibility index (Phi) is 2.82. The number of nitrogens with zero attached hydrogens (tertiary/aromatic N) is 1. The minimum absolute atomic E-state index is 0.106. The molecule has 5 atom stereocenters. The van der Waals surface area contributed by atoms with Gasteiger partial charge in [0.1, 0.15) is 0 Å². The van der Waals surface area contributed by atoms with Crippen LogP contribution >= 0.6 is 0 Å². The van der Waals surface area contributed by atoms with E-state index in [0.29, 0.717) is 23.8 Å². The SMILES string of the molecule is C[C@@H]1CC1N(C)C(=O)C(N)C12CC3CC(CC(O)(C3)C1)C2. The maximum Gasteiger partial charge on any atom is 0.240 e. The Morgan fingerprint density at radius 1 is 1.24 bits per heavy atom. The molecule has 4 bridgehead atoms. The molecule has 4 unspecified atom stereocenters. The Labute approximate surface area is 127 Å². The number of carbonyl (C=O) groups is 1. The van der Waals surface area contributed by atoms with Gasteiger partial charge in [-0.1, -0.05) is 6.92 Å². The molecule has 118 valence electrons. The molecule has 5 fully saturated rings. The summed E-state index contributed by atoms with van der Waals surface area (Å²) in [6.45, 7) is 2.19. The van der Waals surface area contributed by atoms with Crippen molar-refractivity contribution in [3.05, 3.63) is 0 Å². The van der Waals surface area contributed by atoms with Gasteiger partial charge in [0.2, 0.25) is 5.91 Å². The fourth-order valence-electron chi connectivity index (χ4n) is 6.14. The molecule has 0 heterocycles. The van der Waals surface area contributed by atoms with E-state index < -0.39 is 11.6 Å². The lowest BCUT2D eigenvalue weighted by atomic mass is 9.46. The topological polar surface area (TPSA) is 66.6 Å². The summed E-state index contributed by atoms with van der Waals surface area (Å²) in [6.07, 6.45) is 7.05. The van der Waals surface area contributed by atoms with Gasteiger partial charge in [-0.3, -0.25) is 4.79 Å². The molecule has 0 spiro atoms. The van der Waals surface area contributed by atoms with E-state index in [-0.39, 0.29) is 11.3 Å². The maximum atomic E-state index is 12.8. The van der Waals surface area contributed by atoms with Crippen LogP contribution in [0.5, 0.6) is 0 Å². The Morgan fingerprint density at radius 3 is 2.29 bits per heavy atom. The molecule has 0 aromatic carbocycles. The smallest absolute Gasteiger partial charge is 0.240 e. The summed E-state index contributed by atoms with van der Waals surface area (Å²) in [7, 11) is 1.91. The molecule has 5 rings (SSSR count). The van der Waals surface area contributed by atoms with Gasteiger partial charge in [0.15, 0.2) is 0 Å². The van der Waals surface area contributed by atoms with E-state index in [1.54, 1.807) is 0 Å². The minimum Gasteiger partial charge on any atom is -0.390 e. The van der Waals surface area contributed by atoms with Gasteiger partial charge < -0.3 is 15.7 Å². The summed E-state index contributed by atoms with van der Waals surface area (Å²) in [6, 6.07) is -0.0340. The van der Waals surface area contributed by atoms with Gasteiger partial charge in [-0.2, -0.15) is 0 Å². The van der Waals surface area contributed by atoms with Crippen LogP contribution in [0.15, 0.2) is 0 Å². The third-order valence-corrected chi connectivity index (χ3v) is 6.91. The highest BCUT2D eigenvalue weighted by Crippen LogP contribution is 2.62. The van der Waals surface area contributed by atoms with Crippen LogP contribution in [-0.2, 0) is 4.79 Å². The Balaban J connectivity index is 1.56. The number of hydrogen-bond acceptors (Lipinski definition) is 3. The molecule has 21 heavy (non-hydrogen) atoms. The first kappa shape index (κ1) is 14.0. The van der Waals surface area contributed by atoms with E-state index in [0.717, 1.165) is 38.5 Å². The van der Waals surface area contributed by atoms with Gasteiger partial charge in [0.05, 0.1) is 11.6 Å². The van der Waals surface area contributed by atoms with Crippen LogP contribution in [0.25, 0.3) is 0 Å². The van der Waals surface area contributed by atoms with Crippen LogP contribution in [0.1, 0.15) is 51.9 Å². The number of rotatable bonds is 3. The van der Waals surface area contributed by atoms with Crippen LogP contribution in [0.2, 0.25) is 0 Å². The first-order valence-corrected chi connectivity index (χ1v) is 8.57. The van der Waals surface area contributed by atoms with Crippen molar-refractivity contribution in [3.8, 4) is 0 Å². The predicted octanol–water partition coefficient (Wildman–Crippen LogP) is 1.51. The third-order valence-electron chi connectivity index (χ3n) is 6.91. The van der Waals surface area contributed by atoms with Crippen molar-refractivity contribution in [2.75, 3.05) is 7.05 Å². The van der Waals surface area contributed by atoms with Gasteiger partial charge in [-0.25, -0.2) is 0 Å². The van der Waals surface area contributed by atoms with Crippen molar-refractivity contribution in [2.45, 2.75) is 69.6 Å². The van der Waals surface area contributed by atoms with Crippen LogP contribution in [-0.4, -0.2) is 40.6 Å². The Bertz CT molecular complexity index is 463. The first-order valence-electron chi connectivity index (χ1n) is 8.57. The average molecular weight is 292 g/mol. The van der Waals surface area contributed by atoms with E-state index in [4.69, 9.17) is 5.73 Å². The molecule has 4 heteroatoms. The molecular formula is C17H28N2O2. The van der Waals surface area contributed by atoms with E-state index in [1.807, 2.05) is 11.9 Å². The number of carbonyl (C=O) groups excluding carboxylic acids is 1. The average Bonchev–Trinajstić information content (AvgIpc) is 3.10. The molecule has 0 aliphatic heterocycles. The predicted molar refractivity (Wildman–Crippen MR) is 80.4 cm³/mol. The summed E-state index contributed by atoms with van der Waals surface area (Å²) < 4.78 is 0. The van der Waals surface area contributed by atoms with Crippen molar-refractivity contribution in [2.24, 2.45) is 28.9 Å². The van der Waals surface area contributed by atoms with Crippen molar-refractivity contribution >= 4 is 5.91 Å². The molecular weight excluding hydrogens is 264 g/mol. The minimum atomic E-state index is -0.534.